The number of hydrogen-bond donors (Lipinski definition) is 0. The molecule has 7 heteroatoms. The zero-order valence-corrected chi connectivity index (χ0v) is 19.6. The fourth-order valence-electron chi connectivity index (χ4n) is 5.98. The van der Waals surface area contributed by atoms with Crippen LogP contribution in [0.5, 0.6) is 0 Å². The molecule has 31 heavy (non-hydrogen) atoms. The van der Waals surface area contributed by atoms with Gasteiger partial charge in [0.05, 0.1) is 24.8 Å². The van der Waals surface area contributed by atoms with Crippen molar-refractivity contribution in [2.75, 3.05) is 52.8 Å². The third-order valence-corrected chi connectivity index (χ3v) is 8.40. The molecule has 6 nitrogen and oxygen atoms in total. The number of benzene rings is 1. The Morgan fingerprint density at radius 2 is 2.06 bits per heavy atom. The Bertz CT molecular complexity index is 969. The number of likely N-dealkylation sites (N-methyl/N-ethyl adjacent to an activating group) is 1. The van der Waals surface area contributed by atoms with Gasteiger partial charge in [-0.05, 0) is 55.7 Å². The molecule has 2 aliphatic heterocycles. The largest absolute Gasteiger partial charge is 0.449 e. The lowest BCUT2D eigenvalue weighted by molar-refractivity contribution is 0.0232. The summed E-state index contributed by atoms with van der Waals surface area (Å²) in [5.74, 6) is 1.09. The third kappa shape index (κ3) is 3.74. The number of aromatic nitrogens is 1. The van der Waals surface area contributed by atoms with E-state index in [9.17, 15) is 4.79 Å². The summed E-state index contributed by atoms with van der Waals surface area (Å²) in [5.41, 5.74) is 4.41. The topological polar surface area (TPSA) is 46.9 Å². The smallest absolute Gasteiger partial charge is 0.409 e. The Hall–Kier alpha value is -1.70. The van der Waals surface area contributed by atoms with Crippen LogP contribution in [0.4, 0.5) is 4.79 Å². The predicted molar refractivity (Wildman–Crippen MR) is 124 cm³/mol. The lowest BCUT2D eigenvalue weighted by atomic mass is 9.72. The maximum Gasteiger partial charge on any atom is 0.409 e. The van der Waals surface area contributed by atoms with Crippen molar-refractivity contribution in [1.82, 2.24) is 14.4 Å². The molecule has 0 saturated carbocycles. The zero-order chi connectivity index (χ0) is 21.5. The summed E-state index contributed by atoms with van der Waals surface area (Å²) >= 11 is 1.87. The number of morpholine rings is 1. The van der Waals surface area contributed by atoms with Gasteiger partial charge in [0.25, 0.3) is 0 Å². The van der Waals surface area contributed by atoms with Gasteiger partial charge in [0.2, 0.25) is 0 Å². The van der Waals surface area contributed by atoms with Crippen molar-refractivity contribution in [3.8, 4) is 0 Å². The number of nitrogens with zero attached hydrogens (tertiary/aromatic N) is 3. The first-order valence-corrected chi connectivity index (χ1v) is 12.6. The number of piperidine rings is 1. The van der Waals surface area contributed by atoms with Gasteiger partial charge in [-0.2, -0.15) is 0 Å². The maximum atomic E-state index is 12.3. The molecule has 3 atom stereocenters. The Balaban J connectivity index is 1.30. The van der Waals surface area contributed by atoms with E-state index in [-0.39, 0.29) is 6.09 Å². The maximum absolute atomic E-state index is 12.3. The van der Waals surface area contributed by atoms with Gasteiger partial charge in [-0.25, -0.2) is 4.79 Å². The number of fused-ring (bicyclic) bond motifs is 2. The summed E-state index contributed by atoms with van der Waals surface area (Å²) in [5, 5.41) is 2.90. The Morgan fingerprint density at radius 1 is 1.26 bits per heavy atom. The fraction of sp³-hybridized carbons (Fsp3) is 0.625. The average molecular weight is 444 g/mol. The number of ether oxygens (including phenoxy) is 2. The molecular weight excluding hydrogens is 410 g/mol. The number of carbonyl (C=O) groups is 1. The van der Waals surface area contributed by atoms with E-state index >= 15 is 0 Å². The summed E-state index contributed by atoms with van der Waals surface area (Å²) in [7, 11) is 4.47. The van der Waals surface area contributed by atoms with Crippen LogP contribution in [0.15, 0.2) is 23.2 Å². The quantitative estimate of drug-likeness (QED) is 0.674. The van der Waals surface area contributed by atoms with E-state index in [0.717, 1.165) is 19.4 Å². The van der Waals surface area contributed by atoms with Gasteiger partial charge in [-0.3, -0.25) is 0 Å². The van der Waals surface area contributed by atoms with E-state index < -0.39 is 0 Å². The van der Waals surface area contributed by atoms with Gasteiger partial charge in [0, 0.05) is 49.5 Å². The van der Waals surface area contributed by atoms with E-state index in [1.54, 1.807) is 4.90 Å². The lowest BCUT2D eigenvalue weighted by Crippen LogP contribution is -2.48. The monoisotopic (exact) mass is 443 g/mol. The first-order chi connectivity index (χ1) is 15.1. The normalized spacial score (nSPS) is 26.2. The fourth-order valence-corrected chi connectivity index (χ4v) is 6.79. The number of hydrogen-bond acceptors (Lipinski definition) is 5. The van der Waals surface area contributed by atoms with Crippen LogP contribution in [0.2, 0.25) is 0 Å². The molecule has 3 aliphatic rings. The van der Waals surface area contributed by atoms with Gasteiger partial charge >= 0.3 is 6.09 Å². The molecular formula is C24H33N3O3S. The Morgan fingerprint density at radius 3 is 2.84 bits per heavy atom. The van der Waals surface area contributed by atoms with Crippen molar-refractivity contribution >= 4 is 28.8 Å². The minimum absolute atomic E-state index is 0.189. The highest BCUT2D eigenvalue weighted by Crippen LogP contribution is 2.47. The van der Waals surface area contributed by atoms with Gasteiger partial charge in [-0.15, -0.1) is 11.8 Å². The minimum Gasteiger partial charge on any atom is -0.449 e. The van der Waals surface area contributed by atoms with E-state index in [0.29, 0.717) is 50.8 Å². The van der Waals surface area contributed by atoms with Gasteiger partial charge in [0.1, 0.15) is 0 Å². The van der Waals surface area contributed by atoms with Crippen LogP contribution >= 0.6 is 11.8 Å². The SMILES string of the molecule is CSc1c2c3c(cccc3n1C)C1C[C@@H](CCOC(=O)N3CCOCC3)CN(C)[C@@H]1C2. The number of amides is 1. The third-order valence-electron chi connectivity index (χ3n) is 7.49. The average Bonchev–Trinajstić information content (AvgIpc) is 3.07. The molecule has 1 aromatic heterocycles. The first kappa shape index (κ1) is 21.2. The van der Waals surface area contributed by atoms with Gasteiger partial charge in [0.15, 0.2) is 0 Å². The molecule has 2 aromatic rings. The number of carbonyl (C=O) groups excluding carboxylic acids is 1. The van der Waals surface area contributed by atoms with Crippen LogP contribution < -0.4 is 0 Å². The van der Waals surface area contributed by atoms with Crippen molar-refractivity contribution in [3.63, 3.8) is 0 Å². The predicted octanol–water partition coefficient (Wildman–Crippen LogP) is 3.72. The summed E-state index contributed by atoms with van der Waals surface area (Å²) in [4.78, 5) is 16.6. The standard InChI is InChI=1S/C24H33N3O3S/c1-25-15-16(7-10-30-24(28)27-8-11-29-12-9-27)13-18-17-5-4-6-20-22(17)19(14-21(18)25)23(31-3)26(20)2/h4-6,16,18,21H,7-15H2,1-3H3/t16-,18?,21-/m1/s1. The molecule has 0 spiro atoms. The summed E-state index contributed by atoms with van der Waals surface area (Å²) in [6.45, 7) is 4.06. The molecule has 2 fully saturated rings. The number of thioether (sulfide) groups is 1. The first-order valence-electron chi connectivity index (χ1n) is 11.4. The van der Waals surface area contributed by atoms with Gasteiger partial charge < -0.3 is 23.8 Å². The highest BCUT2D eigenvalue weighted by Gasteiger charge is 2.40. The van der Waals surface area contributed by atoms with Crippen molar-refractivity contribution in [3.05, 3.63) is 29.3 Å². The Kier molecular flexibility index (Phi) is 5.92. The zero-order valence-electron chi connectivity index (χ0n) is 18.8. The second-order valence-corrected chi connectivity index (χ2v) is 10.0. The van der Waals surface area contributed by atoms with Gasteiger partial charge in [-0.1, -0.05) is 12.1 Å². The van der Waals surface area contributed by atoms with E-state index in [2.05, 4.69) is 48.0 Å². The summed E-state index contributed by atoms with van der Waals surface area (Å²) in [6.07, 6.45) is 5.23. The number of likely N-dealkylation sites (tertiary alicyclic amines) is 1. The summed E-state index contributed by atoms with van der Waals surface area (Å²) in [6, 6.07) is 7.39. The van der Waals surface area contributed by atoms with Crippen LogP contribution in [0.25, 0.3) is 10.9 Å². The van der Waals surface area contributed by atoms with Crippen LogP contribution in [-0.4, -0.2) is 79.3 Å². The summed E-state index contributed by atoms with van der Waals surface area (Å²) < 4.78 is 13.3. The van der Waals surface area contributed by atoms with Crippen molar-refractivity contribution < 1.29 is 14.3 Å². The van der Waals surface area contributed by atoms with Crippen molar-refractivity contribution in [1.29, 1.82) is 0 Å². The lowest BCUT2D eigenvalue weighted by Gasteiger charge is -2.45. The second-order valence-electron chi connectivity index (χ2n) is 9.21. The number of aryl methyl sites for hydroxylation is 1. The second kappa shape index (κ2) is 8.68. The van der Waals surface area contributed by atoms with Crippen LogP contribution in [0, 0.1) is 5.92 Å². The van der Waals surface area contributed by atoms with E-state index in [4.69, 9.17) is 9.47 Å². The van der Waals surface area contributed by atoms with Crippen LogP contribution in [0.1, 0.15) is 29.9 Å². The molecule has 2 saturated heterocycles. The molecule has 1 unspecified atom stereocenters. The molecule has 168 valence electrons. The molecule has 1 aromatic carbocycles. The Labute approximate surface area is 188 Å². The highest BCUT2D eigenvalue weighted by molar-refractivity contribution is 7.98. The molecule has 0 bridgehead atoms. The molecule has 5 rings (SSSR count). The minimum atomic E-state index is -0.189. The van der Waals surface area contributed by atoms with E-state index in [1.165, 1.54) is 33.5 Å². The number of rotatable bonds is 4. The highest BCUT2D eigenvalue weighted by atomic mass is 32.2. The molecule has 1 aliphatic carbocycles. The van der Waals surface area contributed by atoms with E-state index in [1.807, 2.05) is 11.8 Å². The molecule has 3 heterocycles. The van der Waals surface area contributed by atoms with Crippen molar-refractivity contribution in [2.45, 2.75) is 36.2 Å². The molecule has 0 N–H and O–H groups in total. The molecule has 1 amide bonds. The van der Waals surface area contributed by atoms with Crippen LogP contribution in [-0.2, 0) is 22.9 Å². The molecule has 0 radical (unpaired) electrons. The van der Waals surface area contributed by atoms with Crippen LogP contribution in [0.3, 0.4) is 0 Å². The van der Waals surface area contributed by atoms with Crippen molar-refractivity contribution in [2.24, 2.45) is 13.0 Å².